The van der Waals surface area contributed by atoms with Gasteiger partial charge in [-0.3, -0.25) is 0 Å². The molecular weight excluding hydrogens is 1530 g/mol. The van der Waals surface area contributed by atoms with Crippen LogP contribution in [-0.2, 0) is 0 Å². The van der Waals surface area contributed by atoms with Gasteiger partial charge in [-0.25, -0.2) is 15.0 Å². The first-order chi connectivity index (χ1) is 62.5. The number of para-hydroxylation sites is 8. The van der Waals surface area contributed by atoms with Gasteiger partial charge in [-0.2, -0.15) is 0 Å². The molecule has 0 fully saturated rings. The van der Waals surface area contributed by atoms with E-state index in [1.807, 2.05) is 18.2 Å². The van der Waals surface area contributed by atoms with E-state index < -0.39 is 0 Å². The molecule has 0 bridgehead atoms. The molecule has 0 amide bonds. The van der Waals surface area contributed by atoms with Gasteiger partial charge in [0.2, 0.25) is 0 Å². The number of hydrogen-bond donors (Lipinski definition) is 0. The maximum absolute atomic E-state index is 5.49. The van der Waals surface area contributed by atoms with Crippen molar-refractivity contribution in [2.75, 3.05) is 0 Å². The van der Waals surface area contributed by atoms with Crippen molar-refractivity contribution >= 4 is 131 Å². The van der Waals surface area contributed by atoms with Gasteiger partial charge in [0.15, 0.2) is 17.5 Å². The van der Waals surface area contributed by atoms with Gasteiger partial charge in [0, 0.05) is 115 Å². The third kappa shape index (κ3) is 11.2. The van der Waals surface area contributed by atoms with Gasteiger partial charge < -0.3 is 27.4 Å². The molecule has 586 valence electrons. The van der Waals surface area contributed by atoms with Crippen LogP contribution in [-0.4, -0.2) is 42.4 Å². The van der Waals surface area contributed by atoms with Gasteiger partial charge >= 0.3 is 0 Å². The Morgan fingerprint density at radius 2 is 0.294 bits per heavy atom. The fourth-order valence-electron chi connectivity index (χ4n) is 20.2. The minimum Gasteiger partial charge on any atom is -0.309 e. The lowest BCUT2D eigenvalue weighted by Gasteiger charge is -2.13. The van der Waals surface area contributed by atoms with Crippen LogP contribution in [0.15, 0.2) is 443 Å². The Balaban J connectivity index is 0.603. The summed E-state index contributed by atoms with van der Waals surface area (Å²) in [7, 11) is 0. The maximum Gasteiger partial charge on any atom is 0.164 e. The summed E-state index contributed by atoms with van der Waals surface area (Å²) in [5, 5.41) is 14.3. The lowest BCUT2D eigenvalue weighted by Crippen LogP contribution is -2.01. The predicted molar refractivity (Wildman–Crippen MR) is 524 cm³/mol. The van der Waals surface area contributed by atoms with Crippen molar-refractivity contribution in [3.8, 4) is 113 Å². The van der Waals surface area contributed by atoms with Crippen molar-refractivity contribution < 1.29 is 0 Å². The number of rotatable bonds is 13. The van der Waals surface area contributed by atoms with Crippen molar-refractivity contribution in [1.82, 2.24) is 42.4 Å². The molecule has 26 aromatic rings. The molecule has 0 spiro atoms. The molecule has 0 aliphatic carbocycles. The smallest absolute Gasteiger partial charge is 0.164 e. The topological polar surface area (TPSA) is 68.2 Å². The van der Waals surface area contributed by atoms with E-state index in [1.165, 1.54) is 87.2 Å². The highest BCUT2D eigenvalue weighted by Gasteiger charge is 2.25. The molecule has 26 rings (SSSR count). The SMILES string of the molecule is c1ccc(-c2nc(-c3ccc(-n4c5ccc(-c6ccc7c(c6)c6ccccc6n7-c6ccccc6)cc5c5cc(-c6ccc7c(c6)c6ccccc6n7-c6ccccc6)ccc54)cc3)nc(-c3cccc(-n4c5ccc(-c6ccc7c(c6)c6ccccc6n7-c6ccccc6)cc5c5cc(-c6ccc7c(c6)c6ccccc6n7-c6ccccc6)ccc54)c3)n2)cc1. The molecule has 9 nitrogen and oxygen atoms in total. The Morgan fingerprint density at radius 3 is 0.571 bits per heavy atom. The van der Waals surface area contributed by atoms with Crippen molar-refractivity contribution in [3.05, 3.63) is 443 Å². The summed E-state index contributed by atoms with van der Waals surface area (Å²) < 4.78 is 14.4. The number of fused-ring (bicyclic) bond motifs is 18. The fourth-order valence-corrected chi connectivity index (χ4v) is 20.2. The Bertz CT molecular complexity index is 8510. The Kier molecular flexibility index (Phi) is 15.9. The summed E-state index contributed by atoms with van der Waals surface area (Å²) in [4.78, 5) is 16.2. The van der Waals surface area contributed by atoms with E-state index in [4.69, 9.17) is 15.0 Å². The number of nitrogens with zero attached hydrogens (tertiary/aromatic N) is 9. The van der Waals surface area contributed by atoms with E-state index in [0.717, 1.165) is 139 Å². The molecule has 7 aromatic heterocycles. The second-order valence-electron chi connectivity index (χ2n) is 33.0. The summed E-state index contributed by atoms with van der Waals surface area (Å²) in [6, 6.07) is 162. The Labute approximate surface area is 724 Å². The van der Waals surface area contributed by atoms with E-state index in [1.54, 1.807) is 0 Å². The number of aromatic nitrogens is 9. The average Bonchev–Trinajstić information content (AvgIpc) is 1.58. The zero-order chi connectivity index (χ0) is 82.6. The molecule has 19 aromatic carbocycles. The fraction of sp³-hybridized carbons (Fsp3) is 0. The van der Waals surface area contributed by atoms with Crippen LogP contribution in [0.4, 0.5) is 0 Å². The predicted octanol–water partition coefficient (Wildman–Crippen LogP) is 30.1. The van der Waals surface area contributed by atoms with Crippen molar-refractivity contribution in [3.63, 3.8) is 0 Å². The highest BCUT2D eigenvalue weighted by Crippen LogP contribution is 2.46. The van der Waals surface area contributed by atoms with Gasteiger partial charge in [0.1, 0.15) is 0 Å². The van der Waals surface area contributed by atoms with Crippen LogP contribution in [0.3, 0.4) is 0 Å². The quantitative estimate of drug-likeness (QED) is 0.116. The molecule has 0 aliphatic heterocycles. The molecule has 7 heterocycles. The van der Waals surface area contributed by atoms with Crippen molar-refractivity contribution in [1.29, 1.82) is 0 Å². The largest absolute Gasteiger partial charge is 0.309 e. The monoisotopic (exact) mass is 1600 g/mol. The first kappa shape index (κ1) is 70.8. The number of hydrogen-bond acceptors (Lipinski definition) is 3. The molecule has 0 atom stereocenters. The molecule has 0 unspecified atom stereocenters. The molecule has 0 radical (unpaired) electrons. The van der Waals surface area contributed by atoms with Crippen LogP contribution < -0.4 is 0 Å². The van der Waals surface area contributed by atoms with E-state index in [2.05, 4.69) is 452 Å². The minimum absolute atomic E-state index is 0.569. The molecule has 126 heavy (non-hydrogen) atoms. The van der Waals surface area contributed by atoms with Crippen LogP contribution in [0.5, 0.6) is 0 Å². The number of benzene rings is 19. The first-order valence-electron chi connectivity index (χ1n) is 43.0. The molecule has 0 saturated carbocycles. The van der Waals surface area contributed by atoms with Gasteiger partial charge in [0.05, 0.1) is 66.2 Å². The summed E-state index contributed by atoms with van der Waals surface area (Å²) in [6.07, 6.45) is 0. The van der Waals surface area contributed by atoms with Gasteiger partial charge in [0.25, 0.3) is 0 Å². The molecule has 0 N–H and O–H groups in total. The third-order valence-corrected chi connectivity index (χ3v) is 26.0. The Morgan fingerprint density at radius 1 is 0.111 bits per heavy atom. The van der Waals surface area contributed by atoms with Crippen molar-refractivity contribution in [2.45, 2.75) is 0 Å². The van der Waals surface area contributed by atoms with E-state index in [0.29, 0.717) is 17.5 Å². The van der Waals surface area contributed by atoms with Gasteiger partial charge in [-0.1, -0.05) is 237 Å². The third-order valence-electron chi connectivity index (χ3n) is 26.0. The highest BCUT2D eigenvalue weighted by atomic mass is 15.1. The Hall–Kier alpha value is -17.0. The van der Waals surface area contributed by atoms with Crippen LogP contribution in [0.25, 0.3) is 244 Å². The summed E-state index contributed by atoms with van der Waals surface area (Å²) in [6.45, 7) is 0. The zero-order valence-corrected chi connectivity index (χ0v) is 68.2. The lowest BCUT2D eigenvalue weighted by atomic mass is 9.98. The van der Waals surface area contributed by atoms with Crippen molar-refractivity contribution in [2.24, 2.45) is 0 Å². The second kappa shape index (κ2) is 28.3. The normalized spacial score (nSPS) is 12.0. The molecule has 0 saturated heterocycles. The first-order valence-corrected chi connectivity index (χ1v) is 43.0. The van der Waals surface area contributed by atoms with Crippen LogP contribution in [0.1, 0.15) is 0 Å². The highest BCUT2D eigenvalue weighted by molar-refractivity contribution is 6.18. The molecule has 9 heteroatoms. The van der Waals surface area contributed by atoms with Crippen LogP contribution in [0, 0.1) is 0 Å². The summed E-state index contributed by atoms with van der Waals surface area (Å²) in [5.41, 5.74) is 32.1. The summed E-state index contributed by atoms with van der Waals surface area (Å²) >= 11 is 0. The maximum atomic E-state index is 5.49. The lowest BCUT2D eigenvalue weighted by molar-refractivity contribution is 1.07. The molecule has 0 aliphatic rings. The van der Waals surface area contributed by atoms with Gasteiger partial charge in [-0.15, -0.1) is 0 Å². The summed E-state index contributed by atoms with van der Waals surface area (Å²) in [5.74, 6) is 1.73. The van der Waals surface area contributed by atoms with E-state index in [-0.39, 0.29) is 0 Å². The van der Waals surface area contributed by atoms with Crippen LogP contribution in [0.2, 0.25) is 0 Å². The van der Waals surface area contributed by atoms with Gasteiger partial charge in [-0.05, 0) is 251 Å². The van der Waals surface area contributed by atoms with Crippen LogP contribution >= 0.6 is 0 Å². The molecular formula is C117H73N9. The average molecular weight is 1600 g/mol. The van der Waals surface area contributed by atoms with E-state index in [9.17, 15) is 0 Å². The van der Waals surface area contributed by atoms with E-state index >= 15 is 0 Å². The minimum atomic E-state index is 0.569. The second-order valence-corrected chi connectivity index (χ2v) is 33.0. The zero-order valence-electron chi connectivity index (χ0n) is 68.2. The standard InChI is InChI=1S/C117H73N9/c1-6-25-74(26-7-1)115-118-116(75-45-55-89(56-46-75)125-111-61-51-80(76-47-57-107-95(66-76)91-37-16-20-41-103(91)121(107)85-28-8-2-9-29-85)70-99(111)100-71-81(52-62-112(100)125)77-48-58-108-96(67-77)92-38-17-21-42-104(92)122(108)86-30-10-3-11-31-86)120-117(119-115)84-27-24-36-90(65-84)126-113-63-53-82(78-49-59-109-97(68-78)93-39-18-22-43-105(93)123(109)87-32-12-4-13-33-87)72-101(113)102-73-83(54-64-114(102)126)79-50-60-110-98(69-79)94-40-19-23-44-106(94)124(110)88-34-14-5-15-35-88/h1-73H.